The van der Waals surface area contributed by atoms with Crippen molar-refractivity contribution >= 4 is 5.91 Å². The van der Waals surface area contributed by atoms with E-state index >= 15 is 0 Å². The van der Waals surface area contributed by atoms with Crippen LogP contribution in [0.5, 0.6) is 5.75 Å². The van der Waals surface area contributed by atoms with Crippen LogP contribution in [0.25, 0.3) is 0 Å². The molecule has 0 saturated carbocycles. The lowest BCUT2D eigenvalue weighted by Gasteiger charge is -2.12. The molecule has 1 fully saturated rings. The molecule has 2 N–H and O–H groups in total. The molecule has 1 heterocycles. The van der Waals surface area contributed by atoms with Crippen molar-refractivity contribution in [3.05, 3.63) is 29.8 Å². The Labute approximate surface area is 116 Å². The lowest BCUT2D eigenvalue weighted by molar-refractivity contribution is -0.123. The van der Waals surface area contributed by atoms with Crippen LogP contribution < -0.4 is 15.4 Å². The minimum atomic E-state index is -2.79. The maximum Gasteiger partial charge on any atom is 0.262 e. The highest BCUT2D eigenvalue weighted by Crippen LogP contribution is 2.25. The highest BCUT2D eigenvalue weighted by molar-refractivity contribution is 5.82. The zero-order chi connectivity index (χ0) is 14.6. The molecule has 2 rings (SSSR count). The largest absolute Gasteiger partial charge is 0.494 e. The summed E-state index contributed by atoms with van der Waals surface area (Å²) in [6.07, 6.45) is -0.447. The smallest absolute Gasteiger partial charge is 0.262 e. The summed E-state index contributed by atoms with van der Waals surface area (Å²) < 4.78 is 31.3. The van der Waals surface area contributed by atoms with Gasteiger partial charge in [-0.05, 0) is 24.6 Å². The van der Waals surface area contributed by atoms with Crippen LogP contribution in [0.3, 0.4) is 0 Å². The summed E-state index contributed by atoms with van der Waals surface area (Å²) >= 11 is 0. The number of hydrogen-bond donors (Lipinski definition) is 2. The Morgan fingerprint density at radius 3 is 3.00 bits per heavy atom. The van der Waals surface area contributed by atoms with E-state index in [4.69, 9.17) is 4.74 Å². The van der Waals surface area contributed by atoms with Crippen LogP contribution in [-0.2, 0) is 11.3 Å². The Balaban J connectivity index is 1.86. The zero-order valence-electron chi connectivity index (χ0n) is 11.3. The van der Waals surface area contributed by atoms with Gasteiger partial charge in [0.15, 0.2) is 0 Å². The van der Waals surface area contributed by atoms with Gasteiger partial charge in [0.25, 0.3) is 5.92 Å². The summed E-state index contributed by atoms with van der Waals surface area (Å²) in [7, 11) is 0. The molecule has 0 bridgehead atoms. The van der Waals surface area contributed by atoms with Crippen molar-refractivity contribution in [3.8, 4) is 5.75 Å². The van der Waals surface area contributed by atoms with E-state index in [-0.39, 0.29) is 0 Å². The van der Waals surface area contributed by atoms with Crippen molar-refractivity contribution in [1.82, 2.24) is 10.6 Å². The third-order valence-electron chi connectivity index (χ3n) is 3.10. The third kappa shape index (κ3) is 3.90. The van der Waals surface area contributed by atoms with Crippen LogP contribution in [0, 0.1) is 0 Å². The molecule has 110 valence electrons. The van der Waals surface area contributed by atoms with Gasteiger partial charge in [-0.1, -0.05) is 12.1 Å². The van der Waals surface area contributed by atoms with E-state index in [1.807, 2.05) is 31.2 Å². The SMILES string of the molecule is CCOc1cccc(CNC(=O)C2CC(F)(F)CN2)c1. The molecule has 1 aliphatic heterocycles. The molecule has 0 spiro atoms. The Bertz CT molecular complexity index is 480. The van der Waals surface area contributed by atoms with E-state index in [9.17, 15) is 13.6 Å². The van der Waals surface area contributed by atoms with Gasteiger partial charge in [0, 0.05) is 13.0 Å². The second-order valence-electron chi connectivity index (χ2n) is 4.79. The normalized spacial score (nSPS) is 20.6. The van der Waals surface area contributed by atoms with Gasteiger partial charge < -0.3 is 10.1 Å². The number of rotatable bonds is 5. The molecular weight excluding hydrogens is 266 g/mol. The summed E-state index contributed by atoms with van der Waals surface area (Å²) in [4.78, 5) is 11.8. The van der Waals surface area contributed by atoms with E-state index in [0.717, 1.165) is 11.3 Å². The van der Waals surface area contributed by atoms with Gasteiger partial charge >= 0.3 is 0 Å². The predicted molar refractivity (Wildman–Crippen MR) is 70.8 cm³/mol. The van der Waals surface area contributed by atoms with E-state index in [2.05, 4.69) is 10.6 Å². The maximum absolute atomic E-state index is 13.0. The summed E-state index contributed by atoms with van der Waals surface area (Å²) in [6, 6.07) is 6.50. The second kappa shape index (κ2) is 6.17. The van der Waals surface area contributed by atoms with Crippen molar-refractivity contribution in [3.63, 3.8) is 0 Å². The molecule has 0 radical (unpaired) electrons. The summed E-state index contributed by atoms with van der Waals surface area (Å²) in [6.45, 7) is 2.31. The number of ether oxygens (including phenoxy) is 1. The maximum atomic E-state index is 13.0. The highest BCUT2D eigenvalue weighted by atomic mass is 19.3. The van der Waals surface area contributed by atoms with Gasteiger partial charge in [0.1, 0.15) is 5.75 Å². The van der Waals surface area contributed by atoms with E-state index in [0.29, 0.717) is 13.2 Å². The quantitative estimate of drug-likeness (QED) is 0.865. The van der Waals surface area contributed by atoms with Gasteiger partial charge in [-0.3, -0.25) is 10.1 Å². The summed E-state index contributed by atoms with van der Waals surface area (Å²) in [5.74, 6) is -2.47. The van der Waals surface area contributed by atoms with Crippen molar-refractivity contribution in [2.75, 3.05) is 13.2 Å². The number of amides is 1. The van der Waals surface area contributed by atoms with Crippen LogP contribution in [0.2, 0.25) is 0 Å². The minimum absolute atomic E-state index is 0.295. The Kier molecular flexibility index (Phi) is 4.54. The topological polar surface area (TPSA) is 50.4 Å². The lowest BCUT2D eigenvalue weighted by atomic mass is 10.1. The van der Waals surface area contributed by atoms with Crippen molar-refractivity contribution < 1.29 is 18.3 Å². The first-order valence-corrected chi connectivity index (χ1v) is 6.61. The zero-order valence-corrected chi connectivity index (χ0v) is 11.3. The minimum Gasteiger partial charge on any atom is -0.494 e. The van der Waals surface area contributed by atoms with Gasteiger partial charge in [0.05, 0.1) is 19.2 Å². The lowest BCUT2D eigenvalue weighted by Crippen LogP contribution is -2.40. The first-order valence-electron chi connectivity index (χ1n) is 6.61. The fraction of sp³-hybridized carbons (Fsp3) is 0.500. The number of benzene rings is 1. The molecule has 1 saturated heterocycles. The Morgan fingerprint density at radius 2 is 2.35 bits per heavy atom. The monoisotopic (exact) mass is 284 g/mol. The summed E-state index contributed by atoms with van der Waals surface area (Å²) in [5.41, 5.74) is 0.869. The molecule has 1 aliphatic rings. The molecule has 6 heteroatoms. The Hall–Kier alpha value is -1.69. The third-order valence-corrected chi connectivity index (χ3v) is 3.10. The number of carbonyl (C=O) groups is 1. The van der Waals surface area contributed by atoms with Gasteiger partial charge in [-0.2, -0.15) is 0 Å². The highest BCUT2D eigenvalue weighted by Gasteiger charge is 2.42. The van der Waals surface area contributed by atoms with E-state index < -0.39 is 30.8 Å². The molecular formula is C14H18F2N2O2. The summed E-state index contributed by atoms with van der Waals surface area (Å²) in [5, 5.41) is 5.19. The molecule has 4 nitrogen and oxygen atoms in total. The molecule has 0 aromatic heterocycles. The molecule has 1 unspecified atom stereocenters. The van der Waals surface area contributed by atoms with Crippen LogP contribution in [0.15, 0.2) is 24.3 Å². The van der Waals surface area contributed by atoms with Crippen LogP contribution >= 0.6 is 0 Å². The molecule has 1 aromatic carbocycles. The van der Waals surface area contributed by atoms with Crippen LogP contribution in [0.1, 0.15) is 18.9 Å². The first kappa shape index (κ1) is 14.7. The second-order valence-corrected chi connectivity index (χ2v) is 4.79. The fourth-order valence-corrected chi connectivity index (χ4v) is 2.13. The van der Waals surface area contributed by atoms with E-state index in [1.165, 1.54) is 0 Å². The number of nitrogens with one attached hydrogen (secondary N) is 2. The molecule has 20 heavy (non-hydrogen) atoms. The molecule has 1 atom stereocenters. The van der Waals surface area contributed by atoms with E-state index in [1.54, 1.807) is 0 Å². The van der Waals surface area contributed by atoms with Gasteiger partial charge in [0.2, 0.25) is 5.91 Å². The molecule has 0 aliphatic carbocycles. The van der Waals surface area contributed by atoms with Gasteiger partial charge in [-0.25, -0.2) is 8.78 Å². The average Bonchev–Trinajstić information content (AvgIpc) is 2.77. The van der Waals surface area contributed by atoms with Crippen LogP contribution in [0.4, 0.5) is 8.78 Å². The van der Waals surface area contributed by atoms with Gasteiger partial charge in [-0.15, -0.1) is 0 Å². The number of halogens is 2. The average molecular weight is 284 g/mol. The fourth-order valence-electron chi connectivity index (χ4n) is 2.13. The molecule has 1 aromatic rings. The number of carbonyl (C=O) groups excluding carboxylic acids is 1. The van der Waals surface area contributed by atoms with Crippen molar-refractivity contribution in [2.24, 2.45) is 0 Å². The first-order chi connectivity index (χ1) is 9.50. The van der Waals surface area contributed by atoms with Crippen molar-refractivity contribution in [1.29, 1.82) is 0 Å². The predicted octanol–water partition coefficient (Wildman–Crippen LogP) is 1.70. The van der Waals surface area contributed by atoms with Crippen LogP contribution in [-0.4, -0.2) is 31.0 Å². The standard InChI is InChI=1S/C14H18F2N2O2/c1-2-20-11-5-3-4-10(6-11)8-17-13(19)12-7-14(15,16)9-18-12/h3-6,12,18H,2,7-9H2,1H3,(H,17,19). The molecule has 1 amide bonds. The van der Waals surface area contributed by atoms with Crippen molar-refractivity contribution in [2.45, 2.75) is 31.9 Å². The number of alkyl halides is 2. The number of hydrogen-bond acceptors (Lipinski definition) is 3. The Morgan fingerprint density at radius 1 is 1.55 bits per heavy atom.